The standard InChI is InChI=1S/C20H24N2O3/c1-20(2,14-25-13-15-6-4-3-5-7-15)19(24)22-11-9-16-8-10-21-18(23)17(16)12-22/h3-8,10H,9,11-14H2,1-2H3,(H,21,23). The molecule has 0 aliphatic carbocycles. The number of benzene rings is 1. The van der Waals surface area contributed by atoms with Crippen molar-refractivity contribution in [3.63, 3.8) is 0 Å². The van der Waals surface area contributed by atoms with Crippen LogP contribution in [0.15, 0.2) is 47.4 Å². The Bertz CT molecular complexity index is 796. The van der Waals surface area contributed by atoms with Crippen molar-refractivity contribution in [1.82, 2.24) is 9.88 Å². The van der Waals surface area contributed by atoms with Crippen LogP contribution in [0.4, 0.5) is 0 Å². The highest BCUT2D eigenvalue weighted by molar-refractivity contribution is 5.82. The van der Waals surface area contributed by atoms with Crippen molar-refractivity contribution < 1.29 is 9.53 Å². The third kappa shape index (κ3) is 3.99. The molecular formula is C20H24N2O3. The average molecular weight is 340 g/mol. The fraction of sp³-hybridized carbons (Fsp3) is 0.400. The number of aromatic nitrogens is 1. The first-order chi connectivity index (χ1) is 12.0. The number of ether oxygens (including phenoxy) is 1. The number of aromatic amines is 1. The monoisotopic (exact) mass is 340 g/mol. The van der Waals surface area contributed by atoms with Crippen LogP contribution in [0.2, 0.25) is 0 Å². The van der Waals surface area contributed by atoms with E-state index >= 15 is 0 Å². The fourth-order valence-corrected chi connectivity index (χ4v) is 3.15. The maximum Gasteiger partial charge on any atom is 0.253 e. The number of fused-ring (bicyclic) bond motifs is 1. The van der Waals surface area contributed by atoms with Crippen LogP contribution in [0, 0.1) is 5.41 Å². The van der Waals surface area contributed by atoms with Crippen LogP contribution < -0.4 is 5.56 Å². The van der Waals surface area contributed by atoms with Crippen molar-refractivity contribution in [2.75, 3.05) is 13.2 Å². The van der Waals surface area contributed by atoms with Gasteiger partial charge in [0, 0.05) is 18.3 Å². The lowest BCUT2D eigenvalue weighted by molar-refractivity contribution is -0.145. The molecule has 0 saturated heterocycles. The average Bonchev–Trinajstić information content (AvgIpc) is 2.62. The molecule has 2 heterocycles. The first-order valence-corrected chi connectivity index (χ1v) is 8.58. The molecule has 0 unspecified atom stereocenters. The van der Waals surface area contributed by atoms with E-state index in [0.717, 1.165) is 11.1 Å². The maximum absolute atomic E-state index is 12.9. The van der Waals surface area contributed by atoms with Crippen molar-refractivity contribution in [2.24, 2.45) is 5.41 Å². The highest BCUT2D eigenvalue weighted by Gasteiger charge is 2.34. The topological polar surface area (TPSA) is 62.4 Å². The Hall–Kier alpha value is -2.40. The molecule has 3 rings (SSSR count). The second kappa shape index (κ2) is 7.23. The Labute approximate surface area is 147 Å². The van der Waals surface area contributed by atoms with E-state index in [2.05, 4.69) is 4.98 Å². The van der Waals surface area contributed by atoms with Gasteiger partial charge in [0.25, 0.3) is 5.56 Å². The fourth-order valence-electron chi connectivity index (χ4n) is 3.15. The molecule has 1 aromatic carbocycles. The molecule has 1 aliphatic heterocycles. The Kier molecular flexibility index (Phi) is 5.04. The van der Waals surface area contributed by atoms with E-state index in [1.54, 1.807) is 11.1 Å². The molecule has 0 bridgehead atoms. The molecule has 5 nitrogen and oxygen atoms in total. The van der Waals surface area contributed by atoms with Gasteiger partial charge in [-0.2, -0.15) is 0 Å². The van der Waals surface area contributed by atoms with E-state index in [0.29, 0.717) is 38.3 Å². The van der Waals surface area contributed by atoms with Crippen molar-refractivity contribution in [3.8, 4) is 0 Å². The number of hydrogen-bond donors (Lipinski definition) is 1. The zero-order valence-electron chi connectivity index (χ0n) is 14.7. The Balaban J connectivity index is 1.61. The van der Waals surface area contributed by atoms with E-state index in [1.165, 1.54) is 0 Å². The summed E-state index contributed by atoms with van der Waals surface area (Å²) in [6, 6.07) is 11.8. The first kappa shape index (κ1) is 17.4. The number of H-pyrrole nitrogens is 1. The summed E-state index contributed by atoms with van der Waals surface area (Å²) in [7, 11) is 0. The zero-order chi connectivity index (χ0) is 17.9. The van der Waals surface area contributed by atoms with Gasteiger partial charge in [0.05, 0.1) is 25.2 Å². The van der Waals surface area contributed by atoms with Crippen molar-refractivity contribution in [1.29, 1.82) is 0 Å². The largest absolute Gasteiger partial charge is 0.376 e. The quantitative estimate of drug-likeness (QED) is 0.910. The number of rotatable bonds is 5. The van der Waals surface area contributed by atoms with Gasteiger partial charge >= 0.3 is 0 Å². The van der Waals surface area contributed by atoms with Gasteiger partial charge in [0.15, 0.2) is 0 Å². The van der Waals surface area contributed by atoms with Gasteiger partial charge in [-0.25, -0.2) is 0 Å². The number of carbonyl (C=O) groups excluding carboxylic acids is 1. The number of nitrogens with zero attached hydrogens (tertiary/aromatic N) is 1. The van der Waals surface area contributed by atoms with Gasteiger partial charge in [-0.1, -0.05) is 30.3 Å². The Morgan fingerprint density at radius 3 is 2.76 bits per heavy atom. The highest BCUT2D eigenvalue weighted by Crippen LogP contribution is 2.24. The van der Waals surface area contributed by atoms with Gasteiger partial charge in [0.2, 0.25) is 5.91 Å². The molecular weight excluding hydrogens is 316 g/mol. The predicted octanol–water partition coefficient (Wildman–Crippen LogP) is 2.50. The number of pyridine rings is 1. The third-order valence-corrected chi connectivity index (χ3v) is 4.60. The summed E-state index contributed by atoms with van der Waals surface area (Å²) in [4.78, 5) is 29.4. The molecule has 0 radical (unpaired) electrons. The summed E-state index contributed by atoms with van der Waals surface area (Å²) < 4.78 is 5.77. The number of nitrogens with one attached hydrogen (secondary N) is 1. The summed E-state index contributed by atoms with van der Waals surface area (Å²) in [5.41, 5.74) is 2.08. The summed E-state index contributed by atoms with van der Waals surface area (Å²) in [6.45, 7) is 5.62. The second-order valence-corrected chi connectivity index (χ2v) is 7.15. The summed E-state index contributed by atoms with van der Waals surface area (Å²) >= 11 is 0. The lowest BCUT2D eigenvalue weighted by atomic mass is 9.91. The Morgan fingerprint density at radius 2 is 2.00 bits per heavy atom. The molecule has 1 N–H and O–H groups in total. The second-order valence-electron chi connectivity index (χ2n) is 7.15. The molecule has 2 aromatic rings. The highest BCUT2D eigenvalue weighted by atomic mass is 16.5. The van der Waals surface area contributed by atoms with Gasteiger partial charge in [-0.05, 0) is 37.5 Å². The smallest absolute Gasteiger partial charge is 0.253 e. The predicted molar refractivity (Wildman–Crippen MR) is 96.1 cm³/mol. The van der Waals surface area contributed by atoms with Gasteiger partial charge in [-0.3, -0.25) is 9.59 Å². The molecule has 1 amide bonds. The normalized spacial score (nSPS) is 14.2. The number of hydrogen-bond acceptors (Lipinski definition) is 3. The van der Waals surface area contributed by atoms with Gasteiger partial charge in [0.1, 0.15) is 0 Å². The minimum Gasteiger partial charge on any atom is -0.376 e. The van der Waals surface area contributed by atoms with Crippen molar-refractivity contribution >= 4 is 5.91 Å². The molecule has 5 heteroatoms. The zero-order valence-corrected chi connectivity index (χ0v) is 14.7. The molecule has 0 saturated carbocycles. The minimum atomic E-state index is -0.631. The lowest BCUT2D eigenvalue weighted by Crippen LogP contribution is -2.46. The molecule has 132 valence electrons. The van der Waals surface area contributed by atoms with Crippen molar-refractivity contribution in [3.05, 3.63) is 69.6 Å². The van der Waals surface area contributed by atoms with Crippen LogP contribution in [-0.4, -0.2) is 28.9 Å². The van der Waals surface area contributed by atoms with Crippen LogP contribution in [0.25, 0.3) is 0 Å². The SMILES string of the molecule is CC(C)(COCc1ccccc1)C(=O)N1CCc2cc[nH]c(=O)c2C1. The molecule has 0 atom stereocenters. The van der Waals surface area contributed by atoms with E-state index in [1.807, 2.05) is 50.2 Å². The van der Waals surface area contributed by atoms with Crippen LogP contribution >= 0.6 is 0 Å². The number of carbonyl (C=O) groups is 1. The van der Waals surface area contributed by atoms with Crippen molar-refractivity contribution in [2.45, 2.75) is 33.4 Å². The molecule has 1 aliphatic rings. The van der Waals surface area contributed by atoms with E-state index in [4.69, 9.17) is 4.74 Å². The molecule has 1 aromatic heterocycles. The maximum atomic E-state index is 12.9. The van der Waals surface area contributed by atoms with E-state index in [9.17, 15) is 9.59 Å². The van der Waals surface area contributed by atoms with Crippen LogP contribution in [0.1, 0.15) is 30.5 Å². The number of amides is 1. The molecule has 0 fully saturated rings. The summed E-state index contributed by atoms with van der Waals surface area (Å²) in [5.74, 6) is 0.0227. The van der Waals surface area contributed by atoms with Crippen LogP contribution in [0.3, 0.4) is 0 Å². The van der Waals surface area contributed by atoms with Crippen LogP contribution in [0.5, 0.6) is 0 Å². The van der Waals surface area contributed by atoms with E-state index < -0.39 is 5.41 Å². The third-order valence-electron chi connectivity index (χ3n) is 4.60. The van der Waals surface area contributed by atoms with E-state index in [-0.39, 0.29) is 11.5 Å². The van der Waals surface area contributed by atoms with Crippen LogP contribution in [-0.2, 0) is 29.1 Å². The molecule has 25 heavy (non-hydrogen) atoms. The van der Waals surface area contributed by atoms with Gasteiger partial charge < -0.3 is 14.6 Å². The Morgan fingerprint density at radius 1 is 1.24 bits per heavy atom. The first-order valence-electron chi connectivity index (χ1n) is 8.58. The van der Waals surface area contributed by atoms with Gasteiger partial charge in [-0.15, -0.1) is 0 Å². The summed E-state index contributed by atoms with van der Waals surface area (Å²) in [6.07, 6.45) is 2.38. The lowest BCUT2D eigenvalue weighted by Gasteiger charge is -2.34. The minimum absolute atomic E-state index is 0.0227. The molecule has 0 spiro atoms. The summed E-state index contributed by atoms with van der Waals surface area (Å²) in [5, 5.41) is 0.